The Hall–Kier alpha value is -1.41. The van der Waals surface area contributed by atoms with Gasteiger partial charge in [0.05, 0.1) is 15.3 Å². The van der Waals surface area contributed by atoms with Gasteiger partial charge in [0, 0.05) is 11.2 Å². The number of halogens is 3. The van der Waals surface area contributed by atoms with Gasteiger partial charge in [-0.05, 0) is 42.5 Å². The predicted octanol–water partition coefficient (Wildman–Crippen LogP) is 3.76. The number of rotatable bonds is 2. The number of carbonyl (C=O) groups is 1. The minimum absolute atomic E-state index is 0.0121. The van der Waals surface area contributed by atoms with E-state index < -0.39 is 32.8 Å². The molecular weight excluding hydrogens is 343 g/mol. The van der Waals surface area contributed by atoms with Gasteiger partial charge in [0.1, 0.15) is 0 Å². The monoisotopic (exact) mass is 365 g/mol. The fourth-order valence-electron chi connectivity index (χ4n) is 2.18. The summed E-state index contributed by atoms with van der Waals surface area (Å²) in [5.41, 5.74) is -0.461. The van der Waals surface area contributed by atoms with E-state index in [0.29, 0.717) is 11.1 Å². The predicted molar refractivity (Wildman–Crippen MR) is 86.2 cm³/mol. The second kappa shape index (κ2) is 6.15. The maximum atomic E-state index is 12.5. The van der Waals surface area contributed by atoms with E-state index in [4.69, 9.17) is 0 Å². The third kappa shape index (κ3) is 4.80. The number of benzene rings is 1. The van der Waals surface area contributed by atoms with Crippen molar-refractivity contribution in [2.24, 2.45) is 4.36 Å². The van der Waals surface area contributed by atoms with Crippen LogP contribution >= 0.6 is 0 Å². The van der Waals surface area contributed by atoms with Crippen LogP contribution in [0.3, 0.4) is 0 Å². The first-order chi connectivity index (χ1) is 10.5. The van der Waals surface area contributed by atoms with Gasteiger partial charge in [-0.2, -0.15) is 13.2 Å². The van der Waals surface area contributed by atoms with E-state index in [-0.39, 0.29) is 4.90 Å². The third-order valence-electron chi connectivity index (χ3n) is 3.40. The first kappa shape index (κ1) is 20.6. The quantitative estimate of drug-likeness (QED) is 0.868. The summed E-state index contributed by atoms with van der Waals surface area (Å²) in [6.07, 6.45) is -4.18. The summed E-state index contributed by atoms with van der Waals surface area (Å²) in [5.74, 6) is -2.38. The molecule has 1 atom stereocenters. The molecule has 136 valence electrons. The van der Waals surface area contributed by atoms with Crippen LogP contribution in [0.25, 0.3) is 0 Å². The van der Waals surface area contributed by atoms with E-state index in [0.717, 1.165) is 6.26 Å². The second-order valence-electron chi connectivity index (χ2n) is 7.21. The summed E-state index contributed by atoms with van der Waals surface area (Å²) in [6.45, 7) is 8.74. The SMILES string of the molecule is CC(C)(C)c1cc(S(C)(=O)=NC(=O)C(F)(F)F)ccc1C(C)(C)O. The van der Waals surface area contributed by atoms with E-state index in [9.17, 15) is 27.3 Å². The Balaban J connectivity index is 3.61. The lowest BCUT2D eigenvalue weighted by molar-refractivity contribution is -0.169. The second-order valence-corrected chi connectivity index (χ2v) is 9.47. The highest BCUT2D eigenvalue weighted by Crippen LogP contribution is 2.34. The highest BCUT2D eigenvalue weighted by molar-refractivity contribution is 7.93. The summed E-state index contributed by atoms with van der Waals surface area (Å²) >= 11 is 0. The number of hydrogen-bond acceptors (Lipinski definition) is 3. The van der Waals surface area contributed by atoms with Gasteiger partial charge < -0.3 is 5.11 Å². The molecule has 4 nitrogen and oxygen atoms in total. The number of hydrogen-bond donors (Lipinski definition) is 1. The van der Waals surface area contributed by atoms with Crippen LogP contribution in [0.4, 0.5) is 13.2 Å². The molecule has 1 aromatic rings. The van der Waals surface area contributed by atoms with Gasteiger partial charge in [-0.15, -0.1) is 4.36 Å². The number of nitrogens with zero attached hydrogens (tertiary/aromatic N) is 1. The van der Waals surface area contributed by atoms with Crippen molar-refractivity contribution in [3.63, 3.8) is 0 Å². The van der Waals surface area contributed by atoms with Gasteiger partial charge >= 0.3 is 12.1 Å². The van der Waals surface area contributed by atoms with Crippen LogP contribution < -0.4 is 0 Å². The first-order valence-corrected chi connectivity index (χ1v) is 9.09. The van der Waals surface area contributed by atoms with Gasteiger partial charge in [0.2, 0.25) is 0 Å². The number of carbonyl (C=O) groups excluding carboxylic acids is 1. The number of alkyl halides is 3. The normalized spacial score (nSPS) is 15.8. The van der Waals surface area contributed by atoms with Gasteiger partial charge in [-0.25, -0.2) is 4.21 Å². The first-order valence-electron chi connectivity index (χ1n) is 7.17. The van der Waals surface area contributed by atoms with E-state index in [1.54, 1.807) is 13.8 Å². The molecule has 1 amide bonds. The largest absolute Gasteiger partial charge is 0.474 e. The van der Waals surface area contributed by atoms with Crippen molar-refractivity contribution in [3.8, 4) is 0 Å². The van der Waals surface area contributed by atoms with Crippen molar-refractivity contribution in [1.29, 1.82) is 0 Å². The van der Waals surface area contributed by atoms with Crippen molar-refractivity contribution >= 4 is 15.6 Å². The number of aliphatic hydroxyl groups is 1. The van der Waals surface area contributed by atoms with Gasteiger partial charge in [-0.3, -0.25) is 4.79 Å². The molecule has 0 bridgehead atoms. The number of amides is 1. The molecule has 1 unspecified atom stereocenters. The zero-order valence-electron chi connectivity index (χ0n) is 14.5. The van der Waals surface area contributed by atoms with Crippen LogP contribution in [-0.4, -0.2) is 27.7 Å². The molecule has 8 heteroatoms. The summed E-state index contributed by atoms with van der Waals surface area (Å²) in [4.78, 5) is 11.1. The van der Waals surface area contributed by atoms with Crippen LogP contribution in [0.5, 0.6) is 0 Å². The Labute approximate surface area is 140 Å². The van der Waals surface area contributed by atoms with Crippen LogP contribution in [0, 0.1) is 0 Å². The molecule has 1 N–H and O–H groups in total. The van der Waals surface area contributed by atoms with Gasteiger partial charge in [-0.1, -0.05) is 26.8 Å². The molecule has 0 aliphatic heterocycles. The van der Waals surface area contributed by atoms with Crippen molar-refractivity contribution in [1.82, 2.24) is 0 Å². The zero-order chi connectivity index (χ0) is 19.1. The molecule has 0 saturated heterocycles. The molecule has 1 aromatic carbocycles. The molecule has 0 heterocycles. The van der Waals surface area contributed by atoms with Gasteiger partial charge in [0.25, 0.3) is 0 Å². The molecule has 0 radical (unpaired) electrons. The smallest absolute Gasteiger partial charge is 0.386 e. The lowest BCUT2D eigenvalue weighted by Crippen LogP contribution is -2.25. The maximum Gasteiger partial charge on any atom is 0.474 e. The lowest BCUT2D eigenvalue weighted by atomic mass is 9.79. The maximum absolute atomic E-state index is 12.5. The highest BCUT2D eigenvalue weighted by Gasteiger charge is 2.39. The molecule has 0 aromatic heterocycles. The average molecular weight is 365 g/mol. The summed E-state index contributed by atoms with van der Waals surface area (Å²) < 4.78 is 52.5. The molecule has 0 spiro atoms. The van der Waals surface area contributed by atoms with E-state index in [1.807, 2.05) is 20.8 Å². The summed E-state index contributed by atoms with van der Waals surface area (Å²) in [7, 11) is -3.56. The minimum atomic E-state index is -5.17. The lowest BCUT2D eigenvalue weighted by Gasteiger charge is -2.29. The zero-order valence-corrected chi connectivity index (χ0v) is 15.3. The van der Waals surface area contributed by atoms with Crippen molar-refractivity contribution in [2.75, 3.05) is 6.26 Å². The molecule has 0 saturated carbocycles. The fourth-order valence-corrected chi connectivity index (χ4v) is 3.36. The molecule has 24 heavy (non-hydrogen) atoms. The molecular formula is C16H22F3NO3S. The van der Waals surface area contributed by atoms with Crippen LogP contribution in [0.15, 0.2) is 27.5 Å². The molecule has 0 aliphatic rings. The van der Waals surface area contributed by atoms with Crippen LogP contribution in [-0.2, 0) is 25.5 Å². The molecule has 0 aliphatic carbocycles. The summed E-state index contributed by atoms with van der Waals surface area (Å²) in [5, 5.41) is 10.3. The fraction of sp³-hybridized carbons (Fsp3) is 0.562. The Morgan fingerprint density at radius 1 is 1.08 bits per heavy atom. The van der Waals surface area contributed by atoms with Crippen molar-refractivity contribution < 1.29 is 27.3 Å². The summed E-state index contributed by atoms with van der Waals surface area (Å²) in [6, 6.07) is 4.29. The standard InChI is InChI=1S/C16H22F3NO3S/c1-14(2,3)12-9-10(7-8-11(12)15(4,5)22)24(6,23)20-13(21)16(17,18)19/h7-9,22H,1-6H3. The van der Waals surface area contributed by atoms with E-state index in [2.05, 4.69) is 4.36 Å². The molecule has 1 rings (SSSR count). The van der Waals surface area contributed by atoms with Crippen molar-refractivity contribution in [2.45, 2.75) is 56.7 Å². The third-order valence-corrected chi connectivity index (χ3v) is 5.04. The topological polar surface area (TPSA) is 66.7 Å². The highest BCUT2D eigenvalue weighted by atomic mass is 32.2. The van der Waals surface area contributed by atoms with E-state index in [1.165, 1.54) is 18.2 Å². The van der Waals surface area contributed by atoms with Crippen LogP contribution in [0.1, 0.15) is 45.7 Å². The Morgan fingerprint density at radius 2 is 1.58 bits per heavy atom. The Morgan fingerprint density at radius 3 is 1.96 bits per heavy atom. The van der Waals surface area contributed by atoms with Crippen LogP contribution in [0.2, 0.25) is 0 Å². The van der Waals surface area contributed by atoms with E-state index >= 15 is 0 Å². The van der Waals surface area contributed by atoms with Crippen molar-refractivity contribution in [3.05, 3.63) is 29.3 Å². The average Bonchev–Trinajstić information content (AvgIpc) is 2.34. The molecule has 0 fully saturated rings. The minimum Gasteiger partial charge on any atom is -0.386 e. The Kier molecular flexibility index (Phi) is 5.28. The van der Waals surface area contributed by atoms with Gasteiger partial charge in [0.15, 0.2) is 0 Å². The Bertz CT molecular complexity index is 762.